The minimum Gasteiger partial charge on any atom is -0.164 e. The molecule has 4 nitrogen and oxygen atoms in total. The monoisotopic (exact) mass is 196 g/mol. The third kappa shape index (κ3) is 3.85. The van der Waals surface area contributed by atoms with Crippen molar-refractivity contribution in [2.75, 3.05) is 0 Å². The molecule has 1 aromatic rings. The molecule has 0 atom stereocenters. The lowest BCUT2D eigenvalue weighted by Gasteiger charge is -2.01. The first kappa shape index (κ1) is 11.1. The van der Waals surface area contributed by atoms with Gasteiger partial charge in [-0.05, 0) is 23.5 Å². The molecule has 0 aromatic carbocycles. The summed E-state index contributed by atoms with van der Waals surface area (Å²) in [6.07, 6.45) is 2.07. The van der Waals surface area contributed by atoms with Crippen molar-refractivity contribution >= 4 is 0 Å². The Kier molecular flexibility index (Phi) is 4.04. The molecule has 4 heteroatoms. The number of rotatable bonds is 5. The molecule has 1 aromatic heterocycles. The lowest BCUT2D eigenvalue weighted by atomic mass is 10.1. The van der Waals surface area contributed by atoms with Gasteiger partial charge in [0.25, 0.3) is 0 Å². The van der Waals surface area contributed by atoms with Crippen molar-refractivity contribution in [2.45, 2.75) is 47.1 Å². The Balaban J connectivity index is 2.42. The largest absolute Gasteiger partial charge is 0.174 e. The molecule has 0 saturated heterocycles. The summed E-state index contributed by atoms with van der Waals surface area (Å²) in [7, 11) is 0. The summed E-state index contributed by atoms with van der Waals surface area (Å²) in [5.74, 6) is 2.15. The van der Waals surface area contributed by atoms with E-state index in [0.717, 1.165) is 25.2 Å². The van der Waals surface area contributed by atoms with Gasteiger partial charge < -0.3 is 0 Å². The van der Waals surface area contributed by atoms with Crippen molar-refractivity contribution < 1.29 is 0 Å². The van der Waals surface area contributed by atoms with Gasteiger partial charge in [-0.25, -0.2) is 0 Å². The van der Waals surface area contributed by atoms with Gasteiger partial charge >= 0.3 is 0 Å². The Bertz CT molecular complexity index is 265. The van der Waals surface area contributed by atoms with E-state index in [1.807, 2.05) is 0 Å². The van der Waals surface area contributed by atoms with E-state index in [2.05, 4.69) is 43.1 Å². The average Bonchev–Trinajstić information content (AvgIpc) is 2.47. The molecule has 0 amide bonds. The second-order valence-electron chi connectivity index (χ2n) is 4.59. The molecule has 1 rings (SSSR count). The van der Waals surface area contributed by atoms with Gasteiger partial charge in [0.1, 0.15) is 0 Å². The minimum atomic E-state index is 0.571. The van der Waals surface area contributed by atoms with Crippen LogP contribution in [0.3, 0.4) is 0 Å². The summed E-state index contributed by atoms with van der Waals surface area (Å²) in [5, 5.41) is 12.3. The van der Waals surface area contributed by atoms with Crippen LogP contribution in [0.1, 0.15) is 39.9 Å². The van der Waals surface area contributed by atoms with Crippen molar-refractivity contribution in [3.63, 3.8) is 0 Å². The molecule has 0 spiro atoms. The Morgan fingerprint density at radius 2 is 1.86 bits per heavy atom. The number of aromatic nitrogens is 4. The van der Waals surface area contributed by atoms with Crippen LogP contribution >= 0.6 is 0 Å². The second-order valence-corrected chi connectivity index (χ2v) is 4.59. The van der Waals surface area contributed by atoms with Crippen LogP contribution in [0.15, 0.2) is 0 Å². The van der Waals surface area contributed by atoms with E-state index in [-0.39, 0.29) is 0 Å². The van der Waals surface area contributed by atoms with Gasteiger partial charge in [-0.1, -0.05) is 27.7 Å². The summed E-state index contributed by atoms with van der Waals surface area (Å²) < 4.78 is 0. The van der Waals surface area contributed by atoms with E-state index >= 15 is 0 Å². The fourth-order valence-corrected chi connectivity index (χ4v) is 1.20. The first-order valence-electron chi connectivity index (χ1n) is 5.34. The van der Waals surface area contributed by atoms with Crippen LogP contribution in [0, 0.1) is 11.8 Å². The van der Waals surface area contributed by atoms with E-state index < -0.39 is 0 Å². The fraction of sp³-hybridized carbons (Fsp3) is 0.900. The van der Waals surface area contributed by atoms with E-state index in [9.17, 15) is 0 Å². The Hall–Kier alpha value is -0.930. The lowest BCUT2D eigenvalue weighted by molar-refractivity contribution is 0.428. The zero-order valence-corrected chi connectivity index (χ0v) is 9.56. The Morgan fingerprint density at radius 1 is 1.14 bits per heavy atom. The maximum Gasteiger partial charge on any atom is 0.174 e. The van der Waals surface area contributed by atoms with Gasteiger partial charge in [-0.15, -0.1) is 10.2 Å². The zero-order chi connectivity index (χ0) is 10.6. The van der Waals surface area contributed by atoms with Crippen molar-refractivity contribution in [1.82, 2.24) is 20.2 Å². The third-order valence-electron chi connectivity index (χ3n) is 1.97. The topological polar surface area (TPSA) is 43.6 Å². The van der Waals surface area contributed by atoms with E-state index in [1.54, 1.807) is 4.80 Å². The molecule has 80 valence electrons. The van der Waals surface area contributed by atoms with Crippen LogP contribution in [0.4, 0.5) is 0 Å². The zero-order valence-electron chi connectivity index (χ0n) is 9.56. The molecule has 0 N–H and O–H groups in total. The SMILES string of the molecule is CC(C)CCc1nnn(CC(C)C)n1. The van der Waals surface area contributed by atoms with E-state index in [0.29, 0.717) is 11.8 Å². The fourth-order valence-electron chi connectivity index (χ4n) is 1.20. The van der Waals surface area contributed by atoms with Crippen LogP contribution in [0.2, 0.25) is 0 Å². The van der Waals surface area contributed by atoms with Crippen LogP contribution in [-0.4, -0.2) is 20.2 Å². The van der Waals surface area contributed by atoms with Gasteiger partial charge in [0, 0.05) is 6.42 Å². The molecule has 14 heavy (non-hydrogen) atoms. The van der Waals surface area contributed by atoms with Crippen LogP contribution < -0.4 is 0 Å². The predicted molar refractivity (Wildman–Crippen MR) is 55.8 cm³/mol. The molecule has 0 unspecified atom stereocenters. The minimum absolute atomic E-state index is 0.571. The number of tetrazole rings is 1. The number of aryl methyl sites for hydroxylation is 1. The lowest BCUT2D eigenvalue weighted by Crippen LogP contribution is -2.08. The normalized spacial score (nSPS) is 11.6. The molecule has 0 aliphatic heterocycles. The van der Waals surface area contributed by atoms with Gasteiger partial charge in [-0.2, -0.15) is 4.80 Å². The highest BCUT2D eigenvalue weighted by Gasteiger charge is 2.05. The molecule has 0 fully saturated rings. The van der Waals surface area contributed by atoms with Crippen molar-refractivity contribution in [2.24, 2.45) is 11.8 Å². The molecule has 0 aliphatic rings. The Labute approximate surface area is 85.7 Å². The molecule has 0 aliphatic carbocycles. The van der Waals surface area contributed by atoms with Crippen molar-refractivity contribution in [3.05, 3.63) is 5.82 Å². The van der Waals surface area contributed by atoms with E-state index in [1.165, 1.54) is 0 Å². The van der Waals surface area contributed by atoms with Crippen molar-refractivity contribution in [1.29, 1.82) is 0 Å². The van der Waals surface area contributed by atoms with Crippen molar-refractivity contribution in [3.8, 4) is 0 Å². The number of nitrogens with zero attached hydrogens (tertiary/aromatic N) is 4. The second kappa shape index (κ2) is 5.08. The van der Waals surface area contributed by atoms with Gasteiger partial charge in [0.05, 0.1) is 6.54 Å². The predicted octanol–water partition coefficient (Wildman–Crippen LogP) is 1.92. The summed E-state index contributed by atoms with van der Waals surface area (Å²) in [5.41, 5.74) is 0. The van der Waals surface area contributed by atoms with E-state index in [4.69, 9.17) is 0 Å². The summed E-state index contributed by atoms with van der Waals surface area (Å²) in [6.45, 7) is 9.57. The average molecular weight is 196 g/mol. The highest BCUT2D eigenvalue weighted by molar-refractivity contribution is 4.77. The maximum absolute atomic E-state index is 4.32. The van der Waals surface area contributed by atoms with Crippen LogP contribution in [0.25, 0.3) is 0 Å². The molecule has 0 bridgehead atoms. The molecule has 0 radical (unpaired) electrons. The van der Waals surface area contributed by atoms with Crippen LogP contribution in [-0.2, 0) is 13.0 Å². The first-order chi connectivity index (χ1) is 6.58. The summed E-state index contributed by atoms with van der Waals surface area (Å²) in [4.78, 5) is 1.69. The third-order valence-corrected chi connectivity index (χ3v) is 1.97. The molecule has 0 saturated carbocycles. The highest BCUT2D eigenvalue weighted by atomic mass is 15.6. The molecule has 1 heterocycles. The van der Waals surface area contributed by atoms with Gasteiger partial charge in [-0.3, -0.25) is 0 Å². The maximum atomic E-state index is 4.32. The van der Waals surface area contributed by atoms with Gasteiger partial charge in [0.15, 0.2) is 5.82 Å². The number of hydrogen-bond acceptors (Lipinski definition) is 3. The number of hydrogen-bond donors (Lipinski definition) is 0. The molecular formula is C10H20N4. The molecular weight excluding hydrogens is 176 g/mol. The Morgan fingerprint density at radius 3 is 2.43 bits per heavy atom. The smallest absolute Gasteiger partial charge is 0.164 e. The summed E-state index contributed by atoms with van der Waals surface area (Å²) >= 11 is 0. The van der Waals surface area contributed by atoms with Crippen LogP contribution in [0.5, 0.6) is 0 Å². The first-order valence-corrected chi connectivity index (χ1v) is 5.34. The van der Waals surface area contributed by atoms with Gasteiger partial charge in [0.2, 0.25) is 0 Å². The summed E-state index contributed by atoms with van der Waals surface area (Å²) in [6, 6.07) is 0. The standard InChI is InChI=1S/C10H20N4/c1-8(2)5-6-10-11-13-14(12-10)7-9(3)4/h8-9H,5-7H2,1-4H3. The quantitative estimate of drug-likeness (QED) is 0.722. The highest BCUT2D eigenvalue weighted by Crippen LogP contribution is 2.04.